The van der Waals surface area contributed by atoms with Crippen LogP contribution in [0.3, 0.4) is 0 Å². The van der Waals surface area contributed by atoms with Crippen molar-refractivity contribution in [1.29, 1.82) is 0 Å². The van der Waals surface area contributed by atoms with E-state index in [9.17, 15) is 20.4 Å². The first kappa shape index (κ1) is 13.8. The zero-order valence-corrected chi connectivity index (χ0v) is 9.46. The molecule has 5 N–H and O–H groups in total. The highest BCUT2D eigenvalue weighted by atomic mass is 16.6. The molecule has 0 radical (unpaired) electrons. The molecular weight excluding hydrogens is 214 g/mol. The van der Waals surface area contributed by atoms with Crippen LogP contribution in [0.15, 0.2) is 0 Å². The summed E-state index contributed by atoms with van der Waals surface area (Å²) >= 11 is 0. The van der Waals surface area contributed by atoms with Gasteiger partial charge in [-0.3, -0.25) is 0 Å². The van der Waals surface area contributed by atoms with Gasteiger partial charge in [0.15, 0.2) is 0 Å². The van der Waals surface area contributed by atoms with Gasteiger partial charge in [-0.2, -0.15) is 0 Å². The van der Waals surface area contributed by atoms with E-state index in [0.29, 0.717) is 6.54 Å². The molecule has 1 aliphatic heterocycles. The standard InChI is InChI=1S/C10H21NO5/c1-2-3-4-11-6-10(15)9(14)8(13)7(12)5-16-10/h7-9,11-15H,2-6H2,1H3. The van der Waals surface area contributed by atoms with Crippen molar-refractivity contribution in [3.05, 3.63) is 0 Å². The van der Waals surface area contributed by atoms with Crippen LogP contribution in [-0.4, -0.2) is 64.2 Å². The summed E-state index contributed by atoms with van der Waals surface area (Å²) in [6, 6.07) is 0. The lowest BCUT2D eigenvalue weighted by Gasteiger charge is -2.41. The van der Waals surface area contributed by atoms with Crippen LogP contribution in [-0.2, 0) is 4.74 Å². The molecule has 4 unspecified atom stereocenters. The number of hydrogen-bond donors (Lipinski definition) is 5. The van der Waals surface area contributed by atoms with Crippen molar-refractivity contribution in [1.82, 2.24) is 5.32 Å². The average molecular weight is 235 g/mol. The highest BCUT2D eigenvalue weighted by Gasteiger charge is 2.47. The van der Waals surface area contributed by atoms with Crippen LogP contribution in [0, 0.1) is 0 Å². The molecule has 1 heterocycles. The van der Waals surface area contributed by atoms with E-state index in [1.807, 2.05) is 6.92 Å². The van der Waals surface area contributed by atoms with E-state index in [1.54, 1.807) is 0 Å². The summed E-state index contributed by atoms with van der Waals surface area (Å²) in [5, 5.41) is 41.1. The maximum Gasteiger partial charge on any atom is 0.207 e. The third kappa shape index (κ3) is 3.13. The van der Waals surface area contributed by atoms with Crippen LogP contribution in [0.1, 0.15) is 19.8 Å². The number of unbranched alkanes of at least 4 members (excludes halogenated alkanes) is 1. The highest BCUT2D eigenvalue weighted by molar-refractivity contribution is 4.92. The lowest BCUT2D eigenvalue weighted by molar-refractivity contribution is -0.317. The molecule has 0 aromatic rings. The van der Waals surface area contributed by atoms with Crippen molar-refractivity contribution in [3.63, 3.8) is 0 Å². The number of aliphatic hydroxyl groups excluding tert-OH is 3. The molecule has 1 rings (SSSR count). The molecule has 1 saturated heterocycles. The number of hydrogen-bond acceptors (Lipinski definition) is 6. The van der Waals surface area contributed by atoms with E-state index < -0.39 is 24.1 Å². The molecule has 0 spiro atoms. The van der Waals surface area contributed by atoms with E-state index in [1.165, 1.54) is 0 Å². The van der Waals surface area contributed by atoms with Gasteiger partial charge < -0.3 is 30.5 Å². The normalized spacial score (nSPS) is 39.9. The van der Waals surface area contributed by atoms with Crippen molar-refractivity contribution in [3.8, 4) is 0 Å². The smallest absolute Gasteiger partial charge is 0.207 e. The van der Waals surface area contributed by atoms with Crippen LogP contribution < -0.4 is 5.32 Å². The molecule has 0 aromatic heterocycles. The largest absolute Gasteiger partial charge is 0.388 e. The Kier molecular flexibility index (Phi) is 5.10. The second-order valence-electron chi connectivity index (χ2n) is 4.19. The third-order valence-corrected chi connectivity index (χ3v) is 2.77. The molecule has 1 aliphatic rings. The van der Waals surface area contributed by atoms with Gasteiger partial charge in [0, 0.05) is 0 Å². The van der Waals surface area contributed by atoms with Gasteiger partial charge >= 0.3 is 0 Å². The first-order valence-electron chi connectivity index (χ1n) is 5.62. The average Bonchev–Trinajstić information content (AvgIpc) is 2.28. The molecule has 96 valence electrons. The van der Waals surface area contributed by atoms with Gasteiger partial charge in [-0.05, 0) is 13.0 Å². The van der Waals surface area contributed by atoms with Gasteiger partial charge in [0.25, 0.3) is 0 Å². The first-order valence-corrected chi connectivity index (χ1v) is 5.62. The summed E-state index contributed by atoms with van der Waals surface area (Å²) in [6.07, 6.45) is -2.07. The van der Waals surface area contributed by atoms with Crippen LogP contribution in [0.2, 0.25) is 0 Å². The Hall–Kier alpha value is -0.240. The van der Waals surface area contributed by atoms with Crippen molar-refractivity contribution in [2.24, 2.45) is 0 Å². The fourth-order valence-corrected chi connectivity index (χ4v) is 1.62. The van der Waals surface area contributed by atoms with E-state index in [2.05, 4.69) is 5.32 Å². The maximum absolute atomic E-state index is 9.92. The van der Waals surface area contributed by atoms with Crippen LogP contribution in [0.5, 0.6) is 0 Å². The molecule has 6 nitrogen and oxygen atoms in total. The molecule has 6 heteroatoms. The number of rotatable bonds is 5. The topological polar surface area (TPSA) is 102 Å². The summed E-state index contributed by atoms with van der Waals surface area (Å²) in [7, 11) is 0. The van der Waals surface area contributed by atoms with Gasteiger partial charge in [0.1, 0.15) is 18.3 Å². The predicted molar refractivity (Wildman–Crippen MR) is 56.7 cm³/mol. The molecule has 1 fully saturated rings. The lowest BCUT2D eigenvalue weighted by atomic mass is 9.97. The van der Waals surface area contributed by atoms with Gasteiger partial charge in [-0.15, -0.1) is 0 Å². The van der Waals surface area contributed by atoms with E-state index in [0.717, 1.165) is 12.8 Å². The zero-order chi connectivity index (χ0) is 12.2. The Morgan fingerprint density at radius 1 is 1.38 bits per heavy atom. The van der Waals surface area contributed by atoms with E-state index in [-0.39, 0.29) is 13.2 Å². The minimum atomic E-state index is -1.83. The van der Waals surface area contributed by atoms with Crippen molar-refractivity contribution in [2.75, 3.05) is 19.7 Å². The minimum absolute atomic E-state index is 0.0257. The molecule has 4 atom stereocenters. The Labute approximate surface area is 94.9 Å². The van der Waals surface area contributed by atoms with E-state index in [4.69, 9.17) is 4.74 Å². The maximum atomic E-state index is 9.92. The molecule has 0 bridgehead atoms. The van der Waals surface area contributed by atoms with Crippen molar-refractivity contribution in [2.45, 2.75) is 43.9 Å². The van der Waals surface area contributed by atoms with Gasteiger partial charge in [-0.25, -0.2) is 0 Å². The summed E-state index contributed by atoms with van der Waals surface area (Å²) in [6.45, 7) is 2.58. The zero-order valence-electron chi connectivity index (χ0n) is 9.46. The highest BCUT2D eigenvalue weighted by Crippen LogP contribution is 2.23. The molecule has 16 heavy (non-hydrogen) atoms. The summed E-state index contributed by atoms with van der Waals surface area (Å²) in [4.78, 5) is 0. The number of aliphatic hydroxyl groups is 4. The number of nitrogens with one attached hydrogen (secondary N) is 1. The summed E-state index contributed by atoms with van der Waals surface area (Å²) < 4.78 is 4.97. The third-order valence-electron chi connectivity index (χ3n) is 2.77. The Bertz CT molecular complexity index is 215. The van der Waals surface area contributed by atoms with E-state index >= 15 is 0 Å². The second-order valence-corrected chi connectivity index (χ2v) is 4.19. The quantitative estimate of drug-likeness (QED) is 0.360. The lowest BCUT2D eigenvalue weighted by Crippen LogP contribution is -2.64. The summed E-state index contributed by atoms with van der Waals surface area (Å²) in [5.74, 6) is -1.83. The van der Waals surface area contributed by atoms with Crippen molar-refractivity contribution < 1.29 is 25.2 Å². The monoisotopic (exact) mass is 235 g/mol. The molecule has 0 saturated carbocycles. The Morgan fingerprint density at radius 3 is 2.69 bits per heavy atom. The van der Waals surface area contributed by atoms with Crippen molar-refractivity contribution >= 4 is 0 Å². The molecule has 0 aliphatic carbocycles. The van der Waals surface area contributed by atoms with Gasteiger partial charge in [0.05, 0.1) is 13.2 Å². The fraction of sp³-hybridized carbons (Fsp3) is 1.00. The first-order chi connectivity index (χ1) is 7.51. The molecular formula is C10H21NO5. The predicted octanol–water partition coefficient (Wildman–Crippen LogP) is -1.82. The second kappa shape index (κ2) is 5.90. The SMILES string of the molecule is CCCCNCC1(O)OCC(O)C(O)C1O. The Morgan fingerprint density at radius 2 is 2.06 bits per heavy atom. The minimum Gasteiger partial charge on any atom is -0.388 e. The van der Waals surface area contributed by atoms with Crippen LogP contribution >= 0.6 is 0 Å². The van der Waals surface area contributed by atoms with Crippen LogP contribution in [0.25, 0.3) is 0 Å². The van der Waals surface area contributed by atoms with Gasteiger partial charge in [0.2, 0.25) is 5.79 Å². The molecule has 0 aromatic carbocycles. The number of ether oxygens (including phenoxy) is 1. The molecule has 0 amide bonds. The summed E-state index contributed by atoms with van der Waals surface area (Å²) in [5.41, 5.74) is 0. The Balaban J connectivity index is 2.43. The van der Waals surface area contributed by atoms with Gasteiger partial charge in [-0.1, -0.05) is 13.3 Å². The van der Waals surface area contributed by atoms with Crippen LogP contribution in [0.4, 0.5) is 0 Å². The fourth-order valence-electron chi connectivity index (χ4n) is 1.62.